The number of fused-ring (bicyclic) bond motifs is 2. The highest BCUT2D eigenvalue weighted by Gasteiger charge is 2.53. The zero-order valence-electron chi connectivity index (χ0n) is 12.1. The highest BCUT2D eigenvalue weighted by Crippen LogP contribution is 2.53. The summed E-state index contributed by atoms with van der Waals surface area (Å²) in [6, 6.07) is 0. The van der Waals surface area contributed by atoms with Crippen molar-refractivity contribution >= 4 is 5.97 Å². The average molecular weight is 258 g/mol. The molecule has 102 valence electrons. The van der Waals surface area contributed by atoms with Crippen molar-refractivity contribution in [3.8, 4) is 12.3 Å². The van der Waals surface area contributed by atoms with Crippen molar-refractivity contribution in [2.75, 3.05) is 0 Å². The molecule has 2 aliphatic rings. The Hall–Kier alpha value is -1.49. The predicted octanol–water partition coefficient (Wildman–Crippen LogP) is 3.35. The number of hydrogen-bond acceptors (Lipinski definition) is 2. The Kier molecular flexibility index (Phi) is 3.58. The monoisotopic (exact) mass is 258 g/mol. The zero-order valence-corrected chi connectivity index (χ0v) is 12.1. The number of esters is 1. The van der Waals surface area contributed by atoms with Gasteiger partial charge < -0.3 is 4.74 Å². The lowest BCUT2D eigenvalue weighted by molar-refractivity contribution is -0.156. The van der Waals surface area contributed by atoms with Gasteiger partial charge in [-0.05, 0) is 44.9 Å². The van der Waals surface area contributed by atoms with E-state index in [1.165, 1.54) is 12.5 Å². The van der Waals surface area contributed by atoms with E-state index >= 15 is 0 Å². The first-order valence-electron chi connectivity index (χ1n) is 6.88. The molecule has 2 heteroatoms. The molecule has 0 aromatic carbocycles. The minimum Gasteiger partial charge on any atom is -0.446 e. The lowest BCUT2D eigenvalue weighted by Gasteiger charge is -2.37. The van der Waals surface area contributed by atoms with E-state index in [1.807, 2.05) is 6.92 Å². The molecule has 5 atom stereocenters. The fourth-order valence-electron chi connectivity index (χ4n) is 3.74. The van der Waals surface area contributed by atoms with E-state index in [9.17, 15) is 4.79 Å². The summed E-state index contributed by atoms with van der Waals surface area (Å²) in [5.74, 6) is 3.95. The summed E-state index contributed by atoms with van der Waals surface area (Å²) >= 11 is 0. The van der Waals surface area contributed by atoms with Crippen LogP contribution in [0, 0.1) is 36.0 Å². The zero-order chi connectivity index (χ0) is 14.2. The normalized spacial score (nSPS) is 34.5. The summed E-state index contributed by atoms with van der Waals surface area (Å²) in [5, 5.41) is 0. The van der Waals surface area contributed by atoms with Crippen LogP contribution in [0.2, 0.25) is 0 Å². The van der Waals surface area contributed by atoms with Gasteiger partial charge in [-0.3, -0.25) is 4.79 Å². The molecule has 2 bridgehead atoms. The standard InChI is InChI=1S/C17H22O2/c1-6-17(5,19-12(4)18)16-14-8-7-13(10-14)15(16)9-11(2)3/h1,7-9,13-16H,10H2,2-5H3/t13-,14+,15+,16+,17?/m1/s1. The smallest absolute Gasteiger partial charge is 0.304 e. The van der Waals surface area contributed by atoms with Gasteiger partial charge in [0.15, 0.2) is 5.60 Å². The third-order valence-corrected chi connectivity index (χ3v) is 4.32. The molecule has 0 aliphatic heterocycles. The van der Waals surface area contributed by atoms with E-state index in [0.717, 1.165) is 6.42 Å². The first-order chi connectivity index (χ1) is 8.87. The average Bonchev–Trinajstić information content (AvgIpc) is 2.87. The first-order valence-corrected chi connectivity index (χ1v) is 6.88. The van der Waals surface area contributed by atoms with Crippen LogP contribution in [0.25, 0.3) is 0 Å². The van der Waals surface area contributed by atoms with Crippen LogP contribution >= 0.6 is 0 Å². The molecule has 0 N–H and O–H groups in total. The van der Waals surface area contributed by atoms with Gasteiger partial charge in [-0.2, -0.15) is 0 Å². The van der Waals surface area contributed by atoms with Gasteiger partial charge in [-0.1, -0.05) is 29.7 Å². The minimum absolute atomic E-state index is 0.186. The number of carbonyl (C=O) groups excluding carboxylic acids is 1. The highest BCUT2D eigenvalue weighted by molar-refractivity contribution is 5.67. The Morgan fingerprint density at radius 1 is 1.37 bits per heavy atom. The third-order valence-electron chi connectivity index (χ3n) is 4.32. The Labute approximate surface area is 115 Å². The molecule has 0 amide bonds. The molecule has 0 spiro atoms. The Morgan fingerprint density at radius 2 is 2.00 bits per heavy atom. The molecule has 1 saturated carbocycles. The summed E-state index contributed by atoms with van der Waals surface area (Å²) in [5.41, 5.74) is 0.477. The number of carbonyl (C=O) groups is 1. The molecular formula is C17H22O2. The van der Waals surface area contributed by atoms with Crippen LogP contribution in [0.1, 0.15) is 34.1 Å². The van der Waals surface area contributed by atoms with Crippen LogP contribution in [0.5, 0.6) is 0 Å². The Balaban J connectivity index is 2.35. The number of hydrogen-bond donors (Lipinski definition) is 0. The predicted molar refractivity (Wildman–Crippen MR) is 76.2 cm³/mol. The lowest BCUT2D eigenvalue weighted by Crippen LogP contribution is -2.43. The minimum atomic E-state index is -0.813. The van der Waals surface area contributed by atoms with E-state index in [1.54, 1.807) is 0 Å². The lowest BCUT2D eigenvalue weighted by atomic mass is 9.72. The third kappa shape index (κ3) is 2.47. The summed E-state index contributed by atoms with van der Waals surface area (Å²) in [4.78, 5) is 11.4. The SMILES string of the molecule is C#CC(C)(OC(C)=O)[C@@H]1[C@@H](C=C(C)C)[C@@H]2C=C[C@H]1C2. The van der Waals surface area contributed by atoms with Gasteiger partial charge in [-0.15, -0.1) is 6.42 Å². The summed E-state index contributed by atoms with van der Waals surface area (Å²) in [6.45, 7) is 7.51. The van der Waals surface area contributed by atoms with Crippen molar-refractivity contribution in [2.24, 2.45) is 23.7 Å². The van der Waals surface area contributed by atoms with Gasteiger partial charge in [0.05, 0.1) is 0 Å². The van der Waals surface area contributed by atoms with Gasteiger partial charge >= 0.3 is 5.97 Å². The van der Waals surface area contributed by atoms with Gasteiger partial charge in [0.1, 0.15) is 0 Å². The molecule has 1 fully saturated rings. The van der Waals surface area contributed by atoms with Crippen LogP contribution in [-0.4, -0.2) is 11.6 Å². The second-order valence-corrected chi connectivity index (χ2v) is 6.14. The molecule has 2 rings (SSSR count). The molecule has 19 heavy (non-hydrogen) atoms. The van der Waals surface area contributed by atoms with Crippen LogP contribution in [-0.2, 0) is 9.53 Å². The molecule has 0 heterocycles. The van der Waals surface area contributed by atoms with Crippen molar-refractivity contribution in [2.45, 2.75) is 39.7 Å². The molecule has 2 aliphatic carbocycles. The highest BCUT2D eigenvalue weighted by atomic mass is 16.6. The van der Waals surface area contributed by atoms with E-state index in [4.69, 9.17) is 11.2 Å². The molecule has 0 saturated heterocycles. The number of ether oxygens (including phenoxy) is 1. The fraction of sp³-hybridized carbons (Fsp3) is 0.588. The number of rotatable bonds is 3. The van der Waals surface area contributed by atoms with Gasteiger partial charge in [0.25, 0.3) is 0 Å². The van der Waals surface area contributed by atoms with Crippen LogP contribution in [0.3, 0.4) is 0 Å². The van der Waals surface area contributed by atoms with Crippen molar-refractivity contribution in [3.05, 3.63) is 23.8 Å². The Morgan fingerprint density at radius 3 is 2.53 bits per heavy atom. The maximum atomic E-state index is 11.4. The maximum absolute atomic E-state index is 11.4. The van der Waals surface area contributed by atoms with Crippen molar-refractivity contribution in [3.63, 3.8) is 0 Å². The van der Waals surface area contributed by atoms with Crippen molar-refractivity contribution in [1.82, 2.24) is 0 Å². The molecule has 2 nitrogen and oxygen atoms in total. The van der Waals surface area contributed by atoms with Crippen LogP contribution in [0.4, 0.5) is 0 Å². The van der Waals surface area contributed by atoms with E-state index in [0.29, 0.717) is 17.8 Å². The number of terminal acetylenes is 1. The van der Waals surface area contributed by atoms with Crippen molar-refractivity contribution < 1.29 is 9.53 Å². The largest absolute Gasteiger partial charge is 0.446 e. The molecule has 0 aromatic heterocycles. The molecule has 1 unspecified atom stereocenters. The maximum Gasteiger partial charge on any atom is 0.304 e. The quantitative estimate of drug-likeness (QED) is 0.441. The fourth-order valence-corrected chi connectivity index (χ4v) is 3.74. The van der Waals surface area contributed by atoms with Gasteiger partial charge in [0, 0.05) is 12.8 Å². The summed E-state index contributed by atoms with van der Waals surface area (Å²) in [6.07, 6.45) is 13.6. The van der Waals surface area contributed by atoms with E-state index in [2.05, 4.69) is 38.0 Å². The Bertz CT molecular complexity index is 476. The molecule has 0 radical (unpaired) electrons. The summed E-state index contributed by atoms with van der Waals surface area (Å²) in [7, 11) is 0. The molecule has 0 aromatic rings. The second-order valence-electron chi connectivity index (χ2n) is 6.14. The van der Waals surface area contributed by atoms with Crippen LogP contribution < -0.4 is 0 Å². The first kappa shape index (κ1) is 13.9. The second kappa shape index (κ2) is 4.89. The van der Waals surface area contributed by atoms with Gasteiger partial charge in [-0.25, -0.2) is 0 Å². The van der Waals surface area contributed by atoms with Crippen molar-refractivity contribution in [1.29, 1.82) is 0 Å². The van der Waals surface area contributed by atoms with Gasteiger partial charge in [0.2, 0.25) is 0 Å². The molecular weight excluding hydrogens is 236 g/mol. The topological polar surface area (TPSA) is 26.3 Å². The van der Waals surface area contributed by atoms with Crippen LogP contribution in [0.15, 0.2) is 23.8 Å². The summed E-state index contributed by atoms with van der Waals surface area (Å²) < 4.78 is 5.50. The number of allylic oxidation sites excluding steroid dienone is 4. The van der Waals surface area contributed by atoms with E-state index in [-0.39, 0.29) is 11.9 Å². The van der Waals surface area contributed by atoms with E-state index < -0.39 is 5.60 Å².